The van der Waals surface area contributed by atoms with Crippen LogP contribution in [0.5, 0.6) is 0 Å². The topological polar surface area (TPSA) is 70.2 Å². The molecule has 0 unspecified atom stereocenters. The smallest absolute Gasteiger partial charge is 0.298 e. The standard InChI is InChI=1S/C24H39N3O3S/c1-24(2,28)11-10-20-8-9-23-22(16-20)21(17-25-23)18-26(12-4-5-13-26)19-27(31(3,29)30)14-6-7-15-27/h8-9,16-17,25,28H,4-7,10-15,18-19H2,1-3H3/q+2. The Morgan fingerprint density at radius 3 is 2.32 bits per heavy atom. The first-order valence-corrected chi connectivity index (χ1v) is 13.6. The van der Waals surface area contributed by atoms with E-state index in [1.54, 1.807) is 0 Å². The Kier molecular flexibility index (Phi) is 6.01. The molecular formula is C24H39N3O3S+2. The van der Waals surface area contributed by atoms with Gasteiger partial charge in [0.25, 0.3) is 10.0 Å². The van der Waals surface area contributed by atoms with E-state index in [1.165, 1.54) is 35.6 Å². The van der Waals surface area contributed by atoms with E-state index in [0.717, 1.165) is 68.4 Å². The molecule has 172 valence electrons. The first-order valence-electron chi connectivity index (χ1n) is 11.7. The van der Waals surface area contributed by atoms with Crippen LogP contribution in [0.4, 0.5) is 0 Å². The van der Waals surface area contributed by atoms with E-state index in [2.05, 4.69) is 29.4 Å². The molecule has 2 aromatic rings. The first kappa shape index (κ1) is 22.8. The van der Waals surface area contributed by atoms with Gasteiger partial charge in [-0.15, -0.1) is 0 Å². The van der Waals surface area contributed by atoms with E-state index in [4.69, 9.17) is 0 Å². The Bertz CT molecular complexity index is 1020. The number of aryl methyl sites for hydroxylation is 1. The van der Waals surface area contributed by atoms with Gasteiger partial charge in [-0.05, 0) is 44.4 Å². The fourth-order valence-corrected chi connectivity index (χ4v) is 7.09. The maximum Gasteiger partial charge on any atom is 0.298 e. The average Bonchev–Trinajstić information content (AvgIpc) is 3.41. The molecule has 2 fully saturated rings. The predicted octanol–water partition coefficient (Wildman–Crippen LogP) is 3.51. The third-order valence-corrected chi connectivity index (χ3v) is 9.41. The molecule has 7 heteroatoms. The number of aromatic nitrogens is 1. The zero-order chi connectivity index (χ0) is 22.3. The second-order valence-electron chi connectivity index (χ2n) is 10.7. The van der Waals surface area contributed by atoms with Gasteiger partial charge in [-0.3, -0.25) is 4.48 Å². The highest BCUT2D eigenvalue weighted by Crippen LogP contribution is 2.34. The Balaban J connectivity index is 1.62. The first-order chi connectivity index (χ1) is 14.5. The number of rotatable bonds is 8. The summed E-state index contributed by atoms with van der Waals surface area (Å²) in [4.78, 5) is 3.43. The van der Waals surface area contributed by atoms with Crippen molar-refractivity contribution in [3.8, 4) is 0 Å². The SMILES string of the molecule is CC(C)(O)CCc1ccc2[nH]cc(C[N+]3(C[N+]4(S(C)(=O)=O)CCCC4)CCCC3)c2c1. The van der Waals surface area contributed by atoms with Crippen molar-refractivity contribution in [2.45, 2.75) is 64.5 Å². The van der Waals surface area contributed by atoms with Gasteiger partial charge in [-0.1, -0.05) is 6.07 Å². The quantitative estimate of drug-likeness (QED) is 0.606. The molecule has 0 spiro atoms. The van der Waals surface area contributed by atoms with E-state index in [1.807, 2.05) is 13.8 Å². The number of hydrogen-bond acceptors (Lipinski definition) is 3. The summed E-state index contributed by atoms with van der Waals surface area (Å²) in [6, 6.07) is 6.54. The van der Waals surface area contributed by atoms with Gasteiger partial charge in [0.2, 0.25) is 6.67 Å². The van der Waals surface area contributed by atoms with Gasteiger partial charge in [0.15, 0.2) is 0 Å². The van der Waals surface area contributed by atoms with Crippen LogP contribution in [0.3, 0.4) is 0 Å². The van der Waals surface area contributed by atoms with Gasteiger partial charge in [-0.2, -0.15) is 12.3 Å². The number of fused-ring (bicyclic) bond motifs is 1. The summed E-state index contributed by atoms with van der Waals surface area (Å²) in [5, 5.41) is 11.3. The number of aromatic amines is 1. The zero-order valence-corrected chi connectivity index (χ0v) is 20.2. The lowest BCUT2D eigenvalue weighted by Gasteiger charge is -2.41. The summed E-state index contributed by atoms with van der Waals surface area (Å²) in [6.07, 6.45) is 9.48. The third kappa shape index (κ3) is 4.85. The van der Waals surface area contributed by atoms with Crippen molar-refractivity contribution < 1.29 is 21.9 Å². The number of benzene rings is 1. The number of sulfonamides is 1. The fourth-order valence-electron chi connectivity index (χ4n) is 5.72. The minimum Gasteiger partial charge on any atom is -0.390 e. The molecule has 0 saturated carbocycles. The molecule has 2 N–H and O–H groups in total. The number of likely N-dealkylation sites (tertiary alicyclic amines) is 2. The van der Waals surface area contributed by atoms with Crippen molar-refractivity contribution in [1.82, 2.24) is 4.98 Å². The Labute approximate surface area is 187 Å². The minimum atomic E-state index is -3.15. The highest BCUT2D eigenvalue weighted by molar-refractivity contribution is 7.85. The summed E-state index contributed by atoms with van der Waals surface area (Å²) in [7, 11) is -3.15. The summed E-state index contributed by atoms with van der Waals surface area (Å²) in [5.41, 5.74) is 2.99. The van der Waals surface area contributed by atoms with Crippen molar-refractivity contribution in [1.29, 1.82) is 0 Å². The van der Waals surface area contributed by atoms with Gasteiger partial charge < -0.3 is 10.1 Å². The molecule has 3 heterocycles. The highest BCUT2D eigenvalue weighted by atomic mass is 32.2. The zero-order valence-electron chi connectivity index (χ0n) is 19.4. The number of nitrogens with one attached hydrogen (secondary N) is 1. The highest BCUT2D eigenvalue weighted by Gasteiger charge is 2.50. The Hall–Kier alpha value is -1.41. The largest absolute Gasteiger partial charge is 0.390 e. The molecule has 0 radical (unpaired) electrons. The average molecular weight is 450 g/mol. The second kappa shape index (κ2) is 8.18. The van der Waals surface area contributed by atoms with Gasteiger partial charge in [-0.25, -0.2) is 0 Å². The van der Waals surface area contributed by atoms with Crippen LogP contribution in [0.1, 0.15) is 57.1 Å². The van der Waals surface area contributed by atoms with Crippen LogP contribution in [-0.2, 0) is 23.0 Å². The summed E-state index contributed by atoms with van der Waals surface area (Å²) >= 11 is 0. The van der Waals surface area contributed by atoms with Gasteiger partial charge in [0, 0.05) is 48.3 Å². The number of quaternary nitrogens is 2. The fraction of sp³-hybridized carbons (Fsp3) is 0.667. The summed E-state index contributed by atoms with van der Waals surface area (Å²) < 4.78 is 26.8. The van der Waals surface area contributed by atoms with E-state index < -0.39 is 15.6 Å². The molecule has 6 nitrogen and oxygen atoms in total. The molecule has 2 aliphatic heterocycles. The van der Waals surface area contributed by atoms with Crippen molar-refractivity contribution in [2.24, 2.45) is 0 Å². The molecule has 0 bridgehead atoms. The van der Waals surface area contributed by atoms with E-state index in [-0.39, 0.29) is 3.89 Å². The Morgan fingerprint density at radius 2 is 1.71 bits per heavy atom. The Morgan fingerprint density at radius 1 is 1.06 bits per heavy atom. The number of H-pyrrole nitrogens is 1. The molecule has 1 aromatic carbocycles. The second-order valence-corrected chi connectivity index (χ2v) is 13.0. The third-order valence-electron chi connectivity index (χ3n) is 7.52. The molecule has 0 aliphatic carbocycles. The number of hydrogen-bond donors (Lipinski definition) is 2. The van der Waals surface area contributed by atoms with Crippen molar-refractivity contribution in [3.05, 3.63) is 35.5 Å². The van der Waals surface area contributed by atoms with Crippen LogP contribution >= 0.6 is 0 Å². The van der Waals surface area contributed by atoms with Crippen molar-refractivity contribution >= 4 is 20.9 Å². The van der Waals surface area contributed by atoms with E-state index >= 15 is 0 Å². The maximum atomic E-state index is 12.8. The molecule has 1 aromatic heterocycles. The lowest BCUT2D eigenvalue weighted by molar-refractivity contribution is -1.05. The summed E-state index contributed by atoms with van der Waals surface area (Å²) in [5.74, 6) is 0. The van der Waals surface area contributed by atoms with Crippen molar-refractivity contribution in [3.63, 3.8) is 0 Å². The summed E-state index contributed by atoms with van der Waals surface area (Å²) in [6.45, 7) is 8.91. The predicted molar refractivity (Wildman–Crippen MR) is 125 cm³/mol. The van der Waals surface area contributed by atoms with Crippen molar-refractivity contribution in [2.75, 3.05) is 39.1 Å². The van der Waals surface area contributed by atoms with E-state index in [9.17, 15) is 13.5 Å². The maximum absolute atomic E-state index is 12.8. The molecule has 4 rings (SSSR count). The van der Waals surface area contributed by atoms with Gasteiger partial charge in [0.05, 0.1) is 38.0 Å². The van der Waals surface area contributed by atoms with Gasteiger partial charge in [0.1, 0.15) is 6.54 Å². The van der Waals surface area contributed by atoms with Crippen LogP contribution in [0.15, 0.2) is 24.4 Å². The molecule has 0 atom stereocenters. The van der Waals surface area contributed by atoms with Crippen LogP contribution in [0.25, 0.3) is 10.9 Å². The van der Waals surface area contributed by atoms with E-state index in [0.29, 0.717) is 6.67 Å². The minimum absolute atomic E-state index is 0.256. The molecule has 2 aliphatic rings. The molecule has 0 amide bonds. The number of aliphatic hydroxyl groups is 1. The molecular weight excluding hydrogens is 410 g/mol. The number of nitrogens with zero attached hydrogens (tertiary/aromatic N) is 2. The van der Waals surface area contributed by atoms with Crippen LogP contribution < -0.4 is 0 Å². The normalized spacial score (nSPS) is 21.2. The monoisotopic (exact) mass is 449 g/mol. The van der Waals surface area contributed by atoms with Crippen LogP contribution in [0, 0.1) is 0 Å². The van der Waals surface area contributed by atoms with Crippen LogP contribution in [0.2, 0.25) is 0 Å². The lowest BCUT2D eigenvalue weighted by Crippen LogP contribution is -2.62. The van der Waals surface area contributed by atoms with Crippen LogP contribution in [-0.4, -0.2) is 71.6 Å². The van der Waals surface area contributed by atoms with Gasteiger partial charge >= 0.3 is 0 Å². The molecule has 31 heavy (non-hydrogen) atoms. The molecule has 2 saturated heterocycles. The lowest BCUT2D eigenvalue weighted by atomic mass is 9.97.